The minimum Gasteiger partial charge on any atom is -0.506 e. The van der Waals surface area contributed by atoms with E-state index in [0.29, 0.717) is 17.1 Å². The smallest absolute Gasteiger partial charge is 0.337 e. The number of hydrogen-bond donors (Lipinski definition) is 2. The number of methoxy groups -OCH3 is 1. The number of phenols is 1. The van der Waals surface area contributed by atoms with E-state index < -0.39 is 0 Å². The molecule has 0 saturated carbocycles. The number of halogens is 1. The monoisotopic (exact) mass is 291 g/mol. The van der Waals surface area contributed by atoms with Crippen molar-refractivity contribution in [2.24, 2.45) is 0 Å². The predicted octanol–water partition coefficient (Wildman–Crippen LogP) is 3.44. The molecule has 0 spiro atoms. The van der Waals surface area contributed by atoms with Crippen molar-refractivity contribution in [3.63, 3.8) is 0 Å². The molecule has 0 bridgehead atoms. The Morgan fingerprint density at radius 1 is 1.25 bits per heavy atom. The predicted molar refractivity (Wildman–Crippen MR) is 78.2 cm³/mol. The average Bonchev–Trinajstić information content (AvgIpc) is 2.48. The van der Waals surface area contributed by atoms with Gasteiger partial charge in [0.1, 0.15) is 5.75 Å². The van der Waals surface area contributed by atoms with Crippen LogP contribution >= 0.6 is 11.6 Å². The molecule has 104 valence electrons. The normalized spacial score (nSPS) is 10.1. The summed E-state index contributed by atoms with van der Waals surface area (Å²) in [5.41, 5.74) is 2.33. The van der Waals surface area contributed by atoms with Gasteiger partial charge in [0.15, 0.2) is 0 Å². The summed E-state index contributed by atoms with van der Waals surface area (Å²) in [6.07, 6.45) is 0. The van der Waals surface area contributed by atoms with Crippen LogP contribution in [0.15, 0.2) is 42.5 Å². The van der Waals surface area contributed by atoms with Gasteiger partial charge < -0.3 is 15.2 Å². The summed E-state index contributed by atoms with van der Waals surface area (Å²) < 4.78 is 4.63. The van der Waals surface area contributed by atoms with Gasteiger partial charge in [-0.15, -0.1) is 0 Å². The number of hydrogen-bond acceptors (Lipinski definition) is 4. The highest BCUT2D eigenvalue weighted by atomic mass is 35.5. The summed E-state index contributed by atoms with van der Waals surface area (Å²) in [5, 5.41) is 12.9. The minimum absolute atomic E-state index is 0.0675. The summed E-state index contributed by atoms with van der Waals surface area (Å²) in [6, 6.07) is 12.0. The first-order chi connectivity index (χ1) is 9.60. The molecule has 20 heavy (non-hydrogen) atoms. The number of rotatable bonds is 4. The lowest BCUT2D eigenvalue weighted by Crippen LogP contribution is -2.02. The molecule has 4 nitrogen and oxygen atoms in total. The Balaban J connectivity index is 2.00. The highest BCUT2D eigenvalue weighted by Crippen LogP contribution is 2.24. The molecule has 2 rings (SSSR count). The molecule has 0 radical (unpaired) electrons. The van der Waals surface area contributed by atoms with Gasteiger partial charge in [-0.1, -0.05) is 17.7 Å². The summed E-state index contributed by atoms with van der Waals surface area (Å²) in [5.74, 6) is -0.292. The van der Waals surface area contributed by atoms with Gasteiger partial charge in [-0.25, -0.2) is 4.79 Å². The van der Waals surface area contributed by atoms with Crippen molar-refractivity contribution < 1.29 is 14.6 Å². The van der Waals surface area contributed by atoms with E-state index in [1.54, 1.807) is 42.5 Å². The van der Waals surface area contributed by atoms with Crippen LogP contribution < -0.4 is 5.32 Å². The number of ether oxygens (including phenoxy) is 1. The van der Waals surface area contributed by atoms with E-state index >= 15 is 0 Å². The number of phenolic OH excluding ortho intramolecular Hbond substituents is 1. The van der Waals surface area contributed by atoms with Gasteiger partial charge in [0.25, 0.3) is 0 Å². The van der Waals surface area contributed by atoms with Crippen LogP contribution in [0.2, 0.25) is 5.02 Å². The SMILES string of the molecule is COC(=O)c1ccc(NCc2ccc(O)c(Cl)c2)cc1. The molecular weight excluding hydrogens is 278 g/mol. The maximum atomic E-state index is 11.3. The van der Waals surface area contributed by atoms with Crippen LogP contribution in [0.5, 0.6) is 5.75 Å². The Morgan fingerprint density at radius 2 is 1.95 bits per heavy atom. The number of carbonyl (C=O) groups is 1. The zero-order valence-electron chi connectivity index (χ0n) is 10.9. The van der Waals surface area contributed by atoms with Gasteiger partial charge >= 0.3 is 5.97 Å². The number of anilines is 1. The fourth-order valence-electron chi connectivity index (χ4n) is 1.71. The van der Waals surface area contributed by atoms with Crippen molar-refractivity contribution in [1.29, 1.82) is 0 Å². The highest BCUT2D eigenvalue weighted by molar-refractivity contribution is 6.32. The molecule has 0 aliphatic heterocycles. The second-order valence-corrected chi connectivity index (χ2v) is 4.62. The average molecular weight is 292 g/mol. The molecule has 2 N–H and O–H groups in total. The van der Waals surface area contributed by atoms with Crippen molar-refractivity contribution >= 4 is 23.3 Å². The molecule has 0 aromatic heterocycles. The van der Waals surface area contributed by atoms with Crippen LogP contribution in [-0.2, 0) is 11.3 Å². The fourth-order valence-corrected chi connectivity index (χ4v) is 1.91. The maximum absolute atomic E-state index is 11.3. The van der Waals surface area contributed by atoms with Gasteiger partial charge in [0.05, 0.1) is 17.7 Å². The van der Waals surface area contributed by atoms with Gasteiger partial charge in [0, 0.05) is 12.2 Å². The second-order valence-electron chi connectivity index (χ2n) is 4.21. The number of esters is 1. The lowest BCUT2D eigenvalue weighted by Gasteiger charge is -2.08. The topological polar surface area (TPSA) is 58.6 Å². The molecule has 0 aliphatic carbocycles. The third-order valence-electron chi connectivity index (χ3n) is 2.81. The zero-order valence-corrected chi connectivity index (χ0v) is 11.6. The number of nitrogens with one attached hydrogen (secondary N) is 1. The van der Waals surface area contributed by atoms with Crippen LogP contribution in [0, 0.1) is 0 Å². The molecule has 0 saturated heterocycles. The molecule has 2 aromatic carbocycles. The molecule has 2 aromatic rings. The summed E-state index contributed by atoms with van der Waals surface area (Å²) >= 11 is 5.84. The van der Waals surface area contributed by atoms with E-state index in [0.717, 1.165) is 11.3 Å². The Morgan fingerprint density at radius 3 is 2.55 bits per heavy atom. The van der Waals surface area contributed by atoms with Crippen molar-refractivity contribution in [1.82, 2.24) is 0 Å². The Labute approximate surface area is 122 Å². The summed E-state index contributed by atoms with van der Waals surface area (Å²) in [4.78, 5) is 11.3. The van der Waals surface area contributed by atoms with Gasteiger partial charge in [0.2, 0.25) is 0 Å². The highest BCUT2D eigenvalue weighted by Gasteiger charge is 2.04. The zero-order chi connectivity index (χ0) is 14.5. The molecule has 0 fully saturated rings. The van der Waals surface area contributed by atoms with E-state index in [1.807, 2.05) is 0 Å². The van der Waals surface area contributed by atoms with E-state index in [-0.39, 0.29) is 11.7 Å². The van der Waals surface area contributed by atoms with Crippen LogP contribution in [0.25, 0.3) is 0 Å². The third-order valence-corrected chi connectivity index (χ3v) is 3.12. The van der Waals surface area contributed by atoms with Crippen LogP contribution in [0.1, 0.15) is 15.9 Å². The number of benzene rings is 2. The molecular formula is C15H14ClNO3. The Kier molecular flexibility index (Phi) is 4.48. The van der Waals surface area contributed by atoms with Crippen molar-refractivity contribution in [2.75, 3.05) is 12.4 Å². The molecule has 0 unspecified atom stereocenters. The Bertz CT molecular complexity index is 611. The van der Waals surface area contributed by atoms with Crippen molar-refractivity contribution in [3.05, 3.63) is 58.6 Å². The van der Waals surface area contributed by atoms with Crippen molar-refractivity contribution in [2.45, 2.75) is 6.54 Å². The van der Waals surface area contributed by atoms with Gasteiger partial charge in [-0.2, -0.15) is 0 Å². The van der Waals surface area contributed by atoms with Gasteiger partial charge in [-0.05, 0) is 42.0 Å². The first-order valence-electron chi connectivity index (χ1n) is 6.00. The molecule has 0 aliphatic rings. The van der Waals surface area contributed by atoms with Crippen molar-refractivity contribution in [3.8, 4) is 5.75 Å². The van der Waals surface area contributed by atoms with E-state index in [1.165, 1.54) is 7.11 Å². The maximum Gasteiger partial charge on any atom is 0.337 e. The van der Waals surface area contributed by atoms with Crippen LogP contribution in [-0.4, -0.2) is 18.2 Å². The molecule has 0 amide bonds. The first-order valence-corrected chi connectivity index (χ1v) is 6.37. The molecule has 0 atom stereocenters. The number of aromatic hydroxyl groups is 1. The lowest BCUT2D eigenvalue weighted by atomic mass is 10.2. The van der Waals surface area contributed by atoms with E-state index in [2.05, 4.69) is 10.1 Å². The quantitative estimate of drug-likeness (QED) is 0.847. The first kappa shape index (κ1) is 14.2. The summed E-state index contributed by atoms with van der Waals surface area (Å²) in [7, 11) is 1.35. The fraction of sp³-hybridized carbons (Fsp3) is 0.133. The van der Waals surface area contributed by atoms with Crippen LogP contribution in [0.4, 0.5) is 5.69 Å². The summed E-state index contributed by atoms with van der Waals surface area (Å²) in [6.45, 7) is 0.567. The molecule has 0 heterocycles. The standard InChI is InChI=1S/C15H14ClNO3/c1-20-15(19)11-3-5-12(6-4-11)17-9-10-2-7-14(18)13(16)8-10/h2-8,17-18H,9H2,1H3. The second kappa shape index (κ2) is 6.30. The third kappa shape index (κ3) is 3.42. The number of carbonyl (C=O) groups excluding carboxylic acids is 1. The van der Waals surface area contributed by atoms with Crippen LogP contribution in [0.3, 0.4) is 0 Å². The lowest BCUT2D eigenvalue weighted by molar-refractivity contribution is 0.0601. The Hall–Kier alpha value is -2.20. The van der Waals surface area contributed by atoms with E-state index in [9.17, 15) is 9.90 Å². The minimum atomic E-state index is -0.359. The molecule has 5 heteroatoms. The largest absolute Gasteiger partial charge is 0.506 e. The van der Waals surface area contributed by atoms with Gasteiger partial charge in [-0.3, -0.25) is 0 Å². The van der Waals surface area contributed by atoms with E-state index in [4.69, 9.17) is 11.6 Å².